The van der Waals surface area contributed by atoms with E-state index in [1.165, 1.54) is 0 Å². The molecule has 1 aliphatic rings. The summed E-state index contributed by atoms with van der Waals surface area (Å²) in [4.78, 5) is 25.5. The fraction of sp³-hybridized carbons (Fsp3) is 0.882. The molecule has 1 saturated heterocycles. The average molecular weight is 328 g/mol. The van der Waals surface area contributed by atoms with Crippen molar-refractivity contribution in [1.29, 1.82) is 0 Å². The van der Waals surface area contributed by atoms with Gasteiger partial charge in [-0.05, 0) is 47.5 Å². The second-order valence-corrected chi connectivity index (χ2v) is 7.51. The first kappa shape index (κ1) is 19.7. The first-order valence-corrected chi connectivity index (χ1v) is 8.48. The summed E-state index contributed by atoms with van der Waals surface area (Å²) in [5.74, 6) is -0.00625. The number of nitrogens with one attached hydrogen (secondary N) is 1. The molecule has 0 radical (unpaired) electrons. The minimum absolute atomic E-state index is 0.00625. The van der Waals surface area contributed by atoms with Crippen LogP contribution in [0.25, 0.3) is 0 Å². The molecule has 1 fully saturated rings. The zero-order valence-corrected chi connectivity index (χ0v) is 15.4. The van der Waals surface area contributed by atoms with E-state index in [0.29, 0.717) is 26.1 Å². The number of nitrogens with zero attached hydrogens (tertiary/aromatic N) is 1. The SMILES string of the molecule is CCC1(OCCC(=O)NC(C)C)CCN(C(=O)OC(C)(C)C)C1. The van der Waals surface area contributed by atoms with E-state index in [4.69, 9.17) is 9.47 Å². The largest absolute Gasteiger partial charge is 0.444 e. The molecule has 23 heavy (non-hydrogen) atoms. The normalized spacial score (nSPS) is 21.6. The van der Waals surface area contributed by atoms with Gasteiger partial charge in [-0.3, -0.25) is 4.79 Å². The van der Waals surface area contributed by atoms with E-state index in [-0.39, 0.29) is 23.6 Å². The number of carbonyl (C=O) groups is 2. The topological polar surface area (TPSA) is 67.9 Å². The Labute approximate surface area is 139 Å². The van der Waals surface area contributed by atoms with Crippen LogP contribution >= 0.6 is 0 Å². The Morgan fingerprint density at radius 1 is 1.30 bits per heavy atom. The highest BCUT2D eigenvalue weighted by Gasteiger charge is 2.40. The van der Waals surface area contributed by atoms with Crippen LogP contribution in [0.5, 0.6) is 0 Å². The van der Waals surface area contributed by atoms with E-state index in [1.54, 1.807) is 4.90 Å². The molecule has 0 aliphatic carbocycles. The summed E-state index contributed by atoms with van der Waals surface area (Å²) in [6.45, 7) is 13.0. The standard InChI is InChI=1S/C17H32N2O4/c1-7-17(22-11-8-14(20)18-13(2)3)9-10-19(12-17)15(21)23-16(4,5)6/h13H,7-12H2,1-6H3,(H,18,20). The Balaban J connectivity index is 2.47. The monoisotopic (exact) mass is 328 g/mol. The Hall–Kier alpha value is -1.30. The first-order chi connectivity index (χ1) is 10.6. The molecule has 1 rings (SSSR count). The lowest BCUT2D eigenvalue weighted by molar-refractivity contribution is -0.124. The predicted octanol–water partition coefficient (Wildman–Crippen LogP) is 2.71. The van der Waals surface area contributed by atoms with Gasteiger partial charge in [0.15, 0.2) is 0 Å². The van der Waals surface area contributed by atoms with Crippen molar-refractivity contribution >= 4 is 12.0 Å². The zero-order chi connectivity index (χ0) is 17.7. The van der Waals surface area contributed by atoms with Gasteiger partial charge in [0, 0.05) is 19.0 Å². The number of hydrogen-bond donors (Lipinski definition) is 1. The van der Waals surface area contributed by atoms with E-state index in [2.05, 4.69) is 5.32 Å². The predicted molar refractivity (Wildman–Crippen MR) is 89.3 cm³/mol. The van der Waals surface area contributed by atoms with Gasteiger partial charge in [-0.2, -0.15) is 0 Å². The molecule has 6 nitrogen and oxygen atoms in total. The summed E-state index contributed by atoms with van der Waals surface area (Å²) in [7, 11) is 0. The van der Waals surface area contributed by atoms with Crippen LogP contribution in [-0.4, -0.2) is 53.8 Å². The van der Waals surface area contributed by atoms with Crippen molar-refractivity contribution in [2.24, 2.45) is 0 Å². The van der Waals surface area contributed by atoms with Gasteiger partial charge in [0.2, 0.25) is 5.91 Å². The molecule has 2 amide bonds. The highest BCUT2D eigenvalue weighted by atomic mass is 16.6. The quantitative estimate of drug-likeness (QED) is 0.814. The van der Waals surface area contributed by atoms with Crippen LogP contribution in [0.4, 0.5) is 4.79 Å². The molecule has 134 valence electrons. The molecule has 1 N–H and O–H groups in total. The number of ether oxygens (including phenoxy) is 2. The Bertz CT molecular complexity index is 417. The van der Waals surface area contributed by atoms with Crippen LogP contribution in [0.3, 0.4) is 0 Å². The van der Waals surface area contributed by atoms with Crippen LogP contribution < -0.4 is 5.32 Å². The van der Waals surface area contributed by atoms with E-state index < -0.39 is 5.60 Å². The molecule has 1 unspecified atom stereocenters. The van der Waals surface area contributed by atoms with Gasteiger partial charge in [0.1, 0.15) is 5.60 Å². The van der Waals surface area contributed by atoms with E-state index in [9.17, 15) is 9.59 Å². The van der Waals surface area contributed by atoms with Gasteiger partial charge in [-0.15, -0.1) is 0 Å². The molecule has 0 spiro atoms. The lowest BCUT2D eigenvalue weighted by Gasteiger charge is -2.29. The van der Waals surface area contributed by atoms with Gasteiger partial charge in [-0.25, -0.2) is 4.79 Å². The highest BCUT2D eigenvalue weighted by Crippen LogP contribution is 2.30. The summed E-state index contributed by atoms with van der Waals surface area (Å²) < 4.78 is 11.4. The molecule has 1 aliphatic heterocycles. The summed E-state index contributed by atoms with van der Waals surface area (Å²) >= 11 is 0. The molecular formula is C17H32N2O4. The van der Waals surface area contributed by atoms with Crippen molar-refractivity contribution in [3.63, 3.8) is 0 Å². The number of amides is 2. The Morgan fingerprint density at radius 2 is 1.96 bits per heavy atom. The van der Waals surface area contributed by atoms with Crippen molar-refractivity contribution in [3.8, 4) is 0 Å². The number of likely N-dealkylation sites (tertiary alicyclic amines) is 1. The third kappa shape index (κ3) is 6.77. The van der Waals surface area contributed by atoms with Crippen LogP contribution in [-0.2, 0) is 14.3 Å². The molecule has 1 atom stereocenters. The van der Waals surface area contributed by atoms with Crippen molar-refractivity contribution in [2.75, 3.05) is 19.7 Å². The maximum absolute atomic E-state index is 12.2. The van der Waals surface area contributed by atoms with Crippen molar-refractivity contribution in [1.82, 2.24) is 10.2 Å². The summed E-state index contributed by atoms with van der Waals surface area (Å²) in [6, 6.07) is 0.136. The van der Waals surface area contributed by atoms with Crippen LogP contribution in [0, 0.1) is 0 Å². The lowest BCUT2D eigenvalue weighted by Crippen LogP contribution is -2.41. The summed E-state index contributed by atoms with van der Waals surface area (Å²) in [6.07, 6.45) is 1.62. The van der Waals surface area contributed by atoms with Crippen molar-refractivity contribution in [3.05, 3.63) is 0 Å². The fourth-order valence-electron chi connectivity index (χ4n) is 2.59. The molecule has 1 heterocycles. The fourth-order valence-corrected chi connectivity index (χ4v) is 2.59. The molecular weight excluding hydrogens is 296 g/mol. The van der Waals surface area contributed by atoms with Gasteiger partial charge >= 0.3 is 6.09 Å². The van der Waals surface area contributed by atoms with E-state index in [0.717, 1.165) is 12.8 Å². The second-order valence-electron chi connectivity index (χ2n) is 7.51. The number of carbonyl (C=O) groups excluding carboxylic acids is 2. The molecule has 0 aromatic carbocycles. The van der Waals surface area contributed by atoms with Gasteiger partial charge < -0.3 is 19.7 Å². The average Bonchev–Trinajstić information content (AvgIpc) is 2.81. The minimum atomic E-state index is -0.496. The molecule has 6 heteroatoms. The minimum Gasteiger partial charge on any atom is -0.444 e. The molecule has 0 bridgehead atoms. The van der Waals surface area contributed by atoms with Gasteiger partial charge in [0.25, 0.3) is 0 Å². The maximum Gasteiger partial charge on any atom is 0.410 e. The van der Waals surface area contributed by atoms with Gasteiger partial charge in [0.05, 0.1) is 18.8 Å². The highest BCUT2D eigenvalue weighted by molar-refractivity contribution is 5.76. The zero-order valence-electron chi connectivity index (χ0n) is 15.4. The smallest absolute Gasteiger partial charge is 0.410 e. The van der Waals surface area contributed by atoms with Crippen LogP contribution in [0.1, 0.15) is 60.8 Å². The molecule has 0 saturated carbocycles. The third-order valence-corrected chi connectivity index (χ3v) is 3.80. The first-order valence-electron chi connectivity index (χ1n) is 8.48. The Kier molecular flexibility index (Phi) is 6.86. The van der Waals surface area contributed by atoms with Crippen LogP contribution in [0.2, 0.25) is 0 Å². The van der Waals surface area contributed by atoms with E-state index >= 15 is 0 Å². The number of rotatable bonds is 6. The molecule has 0 aromatic heterocycles. The summed E-state index contributed by atoms with van der Waals surface area (Å²) in [5.41, 5.74) is -0.862. The molecule has 0 aromatic rings. The van der Waals surface area contributed by atoms with Crippen LogP contribution in [0.15, 0.2) is 0 Å². The second kappa shape index (κ2) is 7.99. The number of hydrogen-bond acceptors (Lipinski definition) is 4. The lowest BCUT2D eigenvalue weighted by atomic mass is 10.00. The van der Waals surface area contributed by atoms with Crippen molar-refractivity contribution < 1.29 is 19.1 Å². The maximum atomic E-state index is 12.2. The summed E-state index contributed by atoms with van der Waals surface area (Å²) in [5, 5.41) is 2.85. The van der Waals surface area contributed by atoms with Crippen molar-refractivity contribution in [2.45, 2.75) is 78.0 Å². The third-order valence-electron chi connectivity index (χ3n) is 3.80. The van der Waals surface area contributed by atoms with Gasteiger partial charge in [-0.1, -0.05) is 6.92 Å². The van der Waals surface area contributed by atoms with E-state index in [1.807, 2.05) is 41.5 Å². The Morgan fingerprint density at radius 3 is 2.48 bits per heavy atom.